The minimum Gasteiger partial charge on any atom is -0.456 e. The van der Waals surface area contributed by atoms with Crippen LogP contribution in [-0.4, -0.2) is 23.6 Å². The van der Waals surface area contributed by atoms with Crippen LogP contribution >= 0.6 is 11.3 Å². The van der Waals surface area contributed by atoms with E-state index < -0.39 is 17.7 Å². The molecule has 7 heteroatoms. The van der Waals surface area contributed by atoms with Crippen molar-refractivity contribution in [2.24, 2.45) is 0 Å². The molecule has 1 atom stereocenters. The van der Waals surface area contributed by atoms with Gasteiger partial charge in [-0.25, -0.2) is 4.79 Å². The zero-order valence-corrected chi connectivity index (χ0v) is 16.5. The number of fused-ring (bicyclic) bond motifs is 1. The molecule has 6 nitrogen and oxygen atoms in total. The molecule has 144 valence electrons. The number of amides is 1. The predicted octanol–water partition coefficient (Wildman–Crippen LogP) is 3.04. The molecule has 0 saturated heterocycles. The van der Waals surface area contributed by atoms with E-state index in [0.717, 1.165) is 16.0 Å². The van der Waals surface area contributed by atoms with E-state index in [-0.39, 0.29) is 12.5 Å². The number of hydrogen-bond donors (Lipinski definition) is 2. The second-order valence-corrected chi connectivity index (χ2v) is 8.59. The van der Waals surface area contributed by atoms with E-state index >= 15 is 0 Å². The van der Waals surface area contributed by atoms with Crippen LogP contribution in [0.25, 0.3) is 0 Å². The molecule has 1 aromatic carbocycles. The van der Waals surface area contributed by atoms with Gasteiger partial charge in [0.25, 0.3) is 0 Å². The standard InChI is InChI=1S/C20H24N2O4S/c1-20(2,3)26-19(24)16-13-9-14(25-11-15(13)27-17(16)21)18(23)22-10-12-7-5-4-6-8-12/h4-8,14H,9-11,21H2,1-3H3,(H,22,23). The Morgan fingerprint density at radius 3 is 2.67 bits per heavy atom. The summed E-state index contributed by atoms with van der Waals surface area (Å²) in [6.07, 6.45) is -0.352. The van der Waals surface area contributed by atoms with Crippen molar-refractivity contribution >= 4 is 28.2 Å². The fraction of sp³-hybridized carbons (Fsp3) is 0.400. The van der Waals surface area contributed by atoms with Crippen molar-refractivity contribution in [2.45, 2.75) is 52.0 Å². The SMILES string of the molecule is CC(C)(C)OC(=O)c1c(N)sc2c1CC(C(=O)NCc1ccccc1)OC2. The van der Waals surface area contributed by atoms with Crippen molar-refractivity contribution in [3.63, 3.8) is 0 Å². The fourth-order valence-corrected chi connectivity index (χ4v) is 3.92. The third-order valence-electron chi connectivity index (χ3n) is 4.13. The van der Waals surface area contributed by atoms with Crippen LogP contribution in [0.4, 0.5) is 5.00 Å². The summed E-state index contributed by atoms with van der Waals surface area (Å²) in [5, 5.41) is 3.29. The molecule has 0 aliphatic carbocycles. The lowest BCUT2D eigenvalue weighted by Gasteiger charge is -2.24. The first-order valence-corrected chi connectivity index (χ1v) is 9.63. The number of anilines is 1. The summed E-state index contributed by atoms with van der Waals surface area (Å²) >= 11 is 1.32. The molecular formula is C20H24N2O4S. The molecule has 1 aromatic heterocycles. The Hall–Kier alpha value is -2.38. The number of nitrogen functional groups attached to an aromatic ring is 1. The number of nitrogens with two attached hydrogens (primary N) is 1. The number of hydrogen-bond acceptors (Lipinski definition) is 6. The van der Waals surface area contributed by atoms with Gasteiger partial charge in [0.05, 0.1) is 12.2 Å². The Labute approximate surface area is 162 Å². The average molecular weight is 388 g/mol. The number of benzene rings is 1. The topological polar surface area (TPSA) is 90.7 Å². The van der Waals surface area contributed by atoms with Crippen molar-refractivity contribution in [2.75, 3.05) is 5.73 Å². The molecule has 2 heterocycles. The summed E-state index contributed by atoms with van der Waals surface area (Å²) in [6.45, 7) is 6.11. The maximum absolute atomic E-state index is 12.6. The lowest BCUT2D eigenvalue weighted by atomic mass is 10.00. The Morgan fingerprint density at radius 2 is 2.00 bits per heavy atom. The Balaban J connectivity index is 1.71. The van der Waals surface area contributed by atoms with Crippen molar-refractivity contribution in [1.82, 2.24) is 5.32 Å². The summed E-state index contributed by atoms with van der Waals surface area (Å²) in [5.41, 5.74) is 7.59. The van der Waals surface area contributed by atoms with Crippen LogP contribution in [0.5, 0.6) is 0 Å². The predicted molar refractivity (Wildman–Crippen MR) is 104 cm³/mol. The number of ether oxygens (including phenoxy) is 2. The number of carbonyl (C=O) groups is 2. The van der Waals surface area contributed by atoms with E-state index in [1.807, 2.05) is 51.1 Å². The van der Waals surface area contributed by atoms with E-state index in [2.05, 4.69) is 5.32 Å². The molecule has 0 radical (unpaired) electrons. The smallest absolute Gasteiger partial charge is 0.341 e. The van der Waals surface area contributed by atoms with Gasteiger partial charge in [-0.1, -0.05) is 30.3 Å². The largest absolute Gasteiger partial charge is 0.456 e. The van der Waals surface area contributed by atoms with Gasteiger partial charge in [-0.05, 0) is 31.9 Å². The minimum atomic E-state index is -0.656. The molecule has 1 amide bonds. The molecule has 3 N–H and O–H groups in total. The van der Waals surface area contributed by atoms with Crippen LogP contribution in [0.2, 0.25) is 0 Å². The van der Waals surface area contributed by atoms with E-state index in [4.69, 9.17) is 15.2 Å². The quantitative estimate of drug-likeness (QED) is 0.786. The van der Waals surface area contributed by atoms with E-state index in [0.29, 0.717) is 23.5 Å². The van der Waals surface area contributed by atoms with Gasteiger partial charge in [-0.3, -0.25) is 4.79 Å². The number of rotatable bonds is 4. The van der Waals surface area contributed by atoms with Crippen molar-refractivity contribution in [3.05, 3.63) is 51.9 Å². The minimum absolute atomic E-state index is 0.204. The van der Waals surface area contributed by atoms with Gasteiger partial charge in [-0.15, -0.1) is 11.3 Å². The van der Waals surface area contributed by atoms with Gasteiger partial charge in [-0.2, -0.15) is 0 Å². The van der Waals surface area contributed by atoms with Crippen LogP contribution in [0.1, 0.15) is 47.1 Å². The van der Waals surface area contributed by atoms with Crippen molar-refractivity contribution < 1.29 is 19.1 Å². The Morgan fingerprint density at radius 1 is 1.30 bits per heavy atom. The highest BCUT2D eigenvalue weighted by atomic mass is 32.1. The van der Waals surface area contributed by atoms with Gasteiger partial charge >= 0.3 is 5.97 Å². The van der Waals surface area contributed by atoms with Gasteiger partial charge in [0.15, 0.2) is 0 Å². The molecule has 1 aliphatic rings. The lowest BCUT2D eigenvalue weighted by Crippen LogP contribution is -2.39. The van der Waals surface area contributed by atoms with Crippen LogP contribution in [0, 0.1) is 0 Å². The number of carbonyl (C=O) groups excluding carboxylic acids is 2. The fourth-order valence-electron chi connectivity index (χ4n) is 2.91. The third-order valence-corrected chi connectivity index (χ3v) is 5.16. The summed E-state index contributed by atoms with van der Waals surface area (Å²) in [6, 6.07) is 9.66. The van der Waals surface area contributed by atoms with E-state index in [1.165, 1.54) is 11.3 Å². The highest BCUT2D eigenvalue weighted by Gasteiger charge is 2.33. The summed E-state index contributed by atoms with van der Waals surface area (Å²) in [5.74, 6) is -0.660. The maximum atomic E-state index is 12.6. The summed E-state index contributed by atoms with van der Waals surface area (Å²) < 4.78 is 11.2. The second-order valence-electron chi connectivity index (χ2n) is 7.45. The van der Waals surface area contributed by atoms with Crippen LogP contribution in [0.15, 0.2) is 30.3 Å². The first kappa shape index (κ1) is 19.4. The molecule has 3 rings (SSSR count). The first-order chi connectivity index (χ1) is 12.7. The monoisotopic (exact) mass is 388 g/mol. The summed E-state index contributed by atoms with van der Waals surface area (Å²) in [4.78, 5) is 26.0. The second kappa shape index (κ2) is 7.70. The zero-order valence-electron chi connectivity index (χ0n) is 15.7. The number of esters is 1. The van der Waals surface area contributed by atoms with Gasteiger partial charge < -0.3 is 20.5 Å². The molecule has 0 fully saturated rings. The lowest BCUT2D eigenvalue weighted by molar-refractivity contribution is -0.134. The van der Waals surface area contributed by atoms with Gasteiger partial charge in [0.1, 0.15) is 16.7 Å². The normalized spacial score (nSPS) is 16.5. The molecule has 0 spiro atoms. The van der Waals surface area contributed by atoms with Crippen molar-refractivity contribution in [1.29, 1.82) is 0 Å². The van der Waals surface area contributed by atoms with Crippen LogP contribution < -0.4 is 11.1 Å². The number of nitrogens with one attached hydrogen (secondary N) is 1. The van der Waals surface area contributed by atoms with Gasteiger partial charge in [0, 0.05) is 17.8 Å². The zero-order chi connectivity index (χ0) is 19.6. The first-order valence-electron chi connectivity index (χ1n) is 8.81. The van der Waals surface area contributed by atoms with Crippen molar-refractivity contribution in [3.8, 4) is 0 Å². The summed E-state index contributed by atoms with van der Waals surface area (Å²) in [7, 11) is 0. The average Bonchev–Trinajstić information content (AvgIpc) is 2.94. The highest BCUT2D eigenvalue weighted by Crippen LogP contribution is 2.37. The Bertz CT molecular complexity index is 840. The molecule has 27 heavy (non-hydrogen) atoms. The molecular weight excluding hydrogens is 364 g/mol. The number of thiophene rings is 1. The van der Waals surface area contributed by atoms with Crippen LogP contribution in [0.3, 0.4) is 0 Å². The maximum Gasteiger partial charge on any atom is 0.341 e. The molecule has 2 aromatic rings. The third kappa shape index (κ3) is 4.67. The Kier molecular flexibility index (Phi) is 5.53. The molecule has 1 unspecified atom stereocenters. The molecule has 1 aliphatic heterocycles. The van der Waals surface area contributed by atoms with Gasteiger partial charge in [0.2, 0.25) is 5.91 Å². The van der Waals surface area contributed by atoms with E-state index in [9.17, 15) is 9.59 Å². The van der Waals surface area contributed by atoms with Crippen LogP contribution in [-0.2, 0) is 33.8 Å². The molecule has 0 saturated carbocycles. The van der Waals surface area contributed by atoms with E-state index in [1.54, 1.807) is 0 Å². The highest BCUT2D eigenvalue weighted by molar-refractivity contribution is 7.16. The molecule has 0 bridgehead atoms.